The second-order valence-electron chi connectivity index (χ2n) is 8.63. The average molecular weight is 413 g/mol. The van der Waals surface area contributed by atoms with Crippen LogP contribution in [0.1, 0.15) is 11.1 Å². The number of hydrogen-bond acceptors (Lipinski definition) is 2. The van der Waals surface area contributed by atoms with Gasteiger partial charge in [0.15, 0.2) is 0 Å². The molecule has 0 amide bonds. The number of benzene rings is 6. The van der Waals surface area contributed by atoms with Gasteiger partial charge in [-0.2, -0.15) is 0 Å². The molecule has 2 N–H and O–H groups in total. The van der Waals surface area contributed by atoms with Gasteiger partial charge < -0.3 is 10.6 Å². The zero-order chi connectivity index (χ0) is 21.7. The fraction of sp³-hybridized carbons (Fsp3) is 0.0667. The number of aryl methyl sites for hydroxylation is 2. The molecule has 0 radical (unpaired) electrons. The maximum atomic E-state index is 3.63. The molecule has 2 heteroatoms. The Kier molecular flexibility index (Phi) is 4.26. The molecule has 2 nitrogen and oxygen atoms in total. The molecule has 0 aromatic heterocycles. The van der Waals surface area contributed by atoms with Gasteiger partial charge in [-0.3, -0.25) is 0 Å². The lowest BCUT2D eigenvalue weighted by atomic mass is 9.92. The van der Waals surface area contributed by atoms with Gasteiger partial charge in [-0.15, -0.1) is 0 Å². The smallest absolute Gasteiger partial charge is 0.0464 e. The summed E-state index contributed by atoms with van der Waals surface area (Å²) in [6.07, 6.45) is 0. The first-order valence-electron chi connectivity index (χ1n) is 11.0. The maximum absolute atomic E-state index is 3.63. The van der Waals surface area contributed by atoms with Gasteiger partial charge in [0.25, 0.3) is 0 Å². The zero-order valence-corrected chi connectivity index (χ0v) is 18.2. The van der Waals surface area contributed by atoms with Crippen LogP contribution in [-0.4, -0.2) is 0 Å². The van der Waals surface area contributed by atoms with E-state index in [0.717, 1.165) is 22.7 Å². The molecule has 0 bridgehead atoms. The molecule has 0 atom stereocenters. The Morgan fingerprint density at radius 2 is 0.781 bits per heavy atom. The van der Waals surface area contributed by atoms with Crippen molar-refractivity contribution in [3.05, 3.63) is 108 Å². The summed E-state index contributed by atoms with van der Waals surface area (Å²) in [4.78, 5) is 0. The zero-order valence-electron chi connectivity index (χ0n) is 18.2. The van der Waals surface area contributed by atoms with Crippen molar-refractivity contribution in [3.63, 3.8) is 0 Å². The molecule has 154 valence electrons. The molecule has 0 saturated carbocycles. The summed E-state index contributed by atoms with van der Waals surface area (Å²) >= 11 is 0. The molecule has 0 spiro atoms. The van der Waals surface area contributed by atoms with Crippen molar-refractivity contribution in [3.8, 4) is 0 Å². The summed E-state index contributed by atoms with van der Waals surface area (Å²) in [6, 6.07) is 34.9. The standard InChI is InChI=1S/C30H24N2/c1-19-3-11-23(12-4-19)31-27-17-9-21-8-16-26-28(32-24-13-5-20(2)6-14-24)18-10-22-7-15-25(27)29(21)30(22)26/h3-18,31-32H,1-2H3. The van der Waals surface area contributed by atoms with Crippen molar-refractivity contribution in [2.24, 2.45) is 0 Å². The molecule has 0 unspecified atom stereocenters. The van der Waals surface area contributed by atoms with Crippen LogP contribution in [0.4, 0.5) is 22.7 Å². The van der Waals surface area contributed by atoms with Crippen LogP contribution in [0.3, 0.4) is 0 Å². The molecule has 0 heterocycles. The minimum absolute atomic E-state index is 1.10. The van der Waals surface area contributed by atoms with E-state index in [9.17, 15) is 0 Å². The van der Waals surface area contributed by atoms with Crippen LogP contribution in [0.25, 0.3) is 32.3 Å². The van der Waals surface area contributed by atoms with Crippen LogP contribution >= 0.6 is 0 Å². The Morgan fingerprint density at radius 3 is 1.19 bits per heavy atom. The van der Waals surface area contributed by atoms with Crippen LogP contribution in [0.2, 0.25) is 0 Å². The topological polar surface area (TPSA) is 24.1 Å². The minimum atomic E-state index is 1.10. The normalized spacial score (nSPS) is 11.4. The van der Waals surface area contributed by atoms with Gasteiger partial charge in [0, 0.05) is 33.5 Å². The average Bonchev–Trinajstić information content (AvgIpc) is 2.82. The number of nitrogens with one attached hydrogen (secondary N) is 2. The van der Waals surface area contributed by atoms with Gasteiger partial charge in [0.2, 0.25) is 0 Å². The Hall–Kier alpha value is -4.04. The van der Waals surface area contributed by atoms with Crippen LogP contribution in [0.15, 0.2) is 97.1 Å². The Morgan fingerprint density at radius 1 is 0.406 bits per heavy atom. The highest BCUT2D eigenvalue weighted by Crippen LogP contribution is 2.41. The molecule has 0 saturated heterocycles. The molecule has 0 aliphatic carbocycles. The Bertz CT molecular complexity index is 1440. The van der Waals surface area contributed by atoms with Gasteiger partial charge in [-0.25, -0.2) is 0 Å². The molecule has 0 aliphatic heterocycles. The lowest BCUT2D eigenvalue weighted by Crippen LogP contribution is -1.95. The maximum Gasteiger partial charge on any atom is 0.0464 e. The highest BCUT2D eigenvalue weighted by atomic mass is 14.9. The van der Waals surface area contributed by atoms with Crippen LogP contribution in [-0.2, 0) is 0 Å². The van der Waals surface area contributed by atoms with E-state index in [1.165, 1.54) is 43.4 Å². The van der Waals surface area contributed by atoms with E-state index in [2.05, 4.69) is 122 Å². The molecule has 0 fully saturated rings. The largest absolute Gasteiger partial charge is 0.355 e. The van der Waals surface area contributed by atoms with E-state index in [0.29, 0.717) is 0 Å². The predicted octanol–water partition coefficient (Wildman–Crippen LogP) is 8.69. The summed E-state index contributed by atoms with van der Waals surface area (Å²) in [5.74, 6) is 0. The lowest BCUT2D eigenvalue weighted by molar-refractivity contribution is 1.46. The monoisotopic (exact) mass is 412 g/mol. The van der Waals surface area contributed by atoms with E-state index in [4.69, 9.17) is 0 Å². The van der Waals surface area contributed by atoms with E-state index >= 15 is 0 Å². The van der Waals surface area contributed by atoms with Crippen molar-refractivity contribution in [1.29, 1.82) is 0 Å². The van der Waals surface area contributed by atoms with Crippen molar-refractivity contribution in [2.45, 2.75) is 13.8 Å². The number of rotatable bonds is 4. The van der Waals surface area contributed by atoms with Crippen LogP contribution in [0, 0.1) is 13.8 Å². The molecule has 32 heavy (non-hydrogen) atoms. The fourth-order valence-corrected chi connectivity index (χ4v) is 4.60. The van der Waals surface area contributed by atoms with Gasteiger partial charge in [-0.05, 0) is 71.8 Å². The van der Waals surface area contributed by atoms with Crippen molar-refractivity contribution in [1.82, 2.24) is 0 Å². The van der Waals surface area contributed by atoms with E-state index < -0.39 is 0 Å². The molecule has 6 aromatic carbocycles. The van der Waals surface area contributed by atoms with Crippen molar-refractivity contribution >= 4 is 55.1 Å². The van der Waals surface area contributed by atoms with E-state index in [1.54, 1.807) is 0 Å². The van der Waals surface area contributed by atoms with Crippen LogP contribution in [0.5, 0.6) is 0 Å². The second kappa shape index (κ2) is 7.28. The van der Waals surface area contributed by atoms with E-state index in [-0.39, 0.29) is 0 Å². The highest BCUT2D eigenvalue weighted by molar-refractivity contribution is 6.27. The minimum Gasteiger partial charge on any atom is -0.355 e. The van der Waals surface area contributed by atoms with Gasteiger partial charge >= 0.3 is 0 Å². The Labute approximate surface area is 187 Å². The SMILES string of the molecule is Cc1ccc(Nc2ccc3ccc4c(Nc5ccc(C)cc5)ccc5ccc2c3c54)cc1. The molecule has 0 aliphatic rings. The van der Waals surface area contributed by atoms with Crippen molar-refractivity contribution < 1.29 is 0 Å². The summed E-state index contributed by atoms with van der Waals surface area (Å²) in [7, 11) is 0. The Balaban J connectivity index is 1.52. The lowest BCUT2D eigenvalue weighted by Gasteiger charge is -2.17. The number of hydrogen-bond donors (Lipinski definition) is 2. The van der Waals surface area contributed by atoms with E-state index in [1.807, 2.05) is 0 Å². The first-order valence-corrected chi connectivity index (χ1v) is 11.0. The second-order valence-corrected chi connectivity index (χ2v) is 8.63. The van der Waals surface area contributed by atoms with Gasteiger partial charge in [0.1, 0.15) is 0 Å². The first-order chi connectivity index (χ1) is 15.7. The third kappa shape index (κ3) is 3.12. The summed E-state index contributed by atoms with van der Waals surface area (Å²) in [6.45, 7) is 4.23. The third-order valence-corrected chi connectivity index (χ3v) is 6.33. The quantitative estimate of drug-likeness (QED) is 0.283. The summed E-state index contributed by atoms with van der Waals surface area (Å²) in [5.41, 5.74) is 7.00. The van der Waals surface area contributed by atoms with Crippen LogP contribution < -0.4 is 10.6 Å². The number of anilines is 4. The van der Waals surface area contributed by atoms with Gasteiger partial charge in [-0.1, -0.05) is 71.8 Å². The molecule has 6 rings (SSSR count). The summed E-state index contributed by atoms with van der Waals surface area (Å²) < 4.78 is 0. The van der Waals surface area contributed by atoms with Crippen molar-refractivity contribution in [2.75, 3.05) is 10.6 Å². The molecule has 6 aromatic rings. The fourth-order valence-electron chi connectivity index (χ4n) is 4.60. The predicted molar refractivity (Wildman–Crippen MR) is 139 cm³/mol. The van der Waals surface area contributed by atoms with Gasteiger partial charge in [0.05, 0.1) is 0 Å². The molecular formula is C30H24N2. The first kappa shape index (κ1) is 18.7. The summed E-state index contributed by atoms with van der Waals surface area (Å²) in [5, 5.41) is 14.9. The third-order valence-electron chi connectivity index (χ3n) is 6.33. The molecular weight excluding hydrogens is 388 g/mol. The highest BCUT2D eigenvalue weighted by Gasteiger charge is 2.13.